The number of aliphatic imine (C=N–C) groups is 1. The molecule has 1 fully saturated rings. The maximum absolute atomic E-state index is 12.6. The van der Waals surface area contributed by atoms with Crippen molar-refractivity contribution in [1.82, 2.24) is 19.9 Å². The van der Waals surface area contributed by atoms with E-state index >= 15 is 0 Å². The van der Waals surface area contributed by atoms with Gasteiger partial charge in [-0.05, 0) is 25.0 Å². The van der Waals surface area contributed by atoms with Crippen LogP contribution in [-0.2, 0) is 14.8 Å². The molecule has 0 bridgehead atoms. The summed E-state index contributed by atoms with van der Waals surface area (Å²) in [6.07, 6.45) is 3.43. The number of amides is 1. The van der Waals surface area contributed by atoms with Crippen LogP contribution in [0.2, 0.25) is 0 Å². The Morgan fingerprint density at radius 2 is 2.04 bits per heavy atom. The molecule has 1 aromatic heterocycles. The molecule has 0 atom stereocenters. The fourth-order valence-corrected chi connectivity index (χ4v) is 3.57. The number of hydrogen-bond acceptors (Lipinski definition) is 5. The van der Waals surface area contributed by atoms with E-state index in [4.69, 9.17) is 0 Å². The molecule has 3 N–H and O–H groups in total. The molecule has 2 heterocycles. The van der Waals surface area contributed by atoms with Crippen molar-refractivity contribution in [3.63, 3.8) is 0 Å². The Balaban J connectivity index is 1.79. The zero-order valence-corrected chi connectivity index (χ0v) is 15.8. The Morgan fingerprint density at radius 1 is 1.36 bits per heavy atom. The van der Waals surface area contributed by atoms with Crippen LogP contribution in [0.5, 0.6) is 0 Å². The van der Waals surface area contributed by atoms with E-state index in [1.54, 1.807) is 18.3 Å². The number of nitrogens with one attached hydrogen (secondary N) is 3. The minimum absolute atomic E-state index is 0.0874. The number of rotatable bonds is 5. The molecule has 156 valence electrons. The lowest BCUT2D eigenvalue weighted by Gasteiger charge is -2.32. The van der Waals surface area contributed by atoms with Crippen LogP contribution in [0, 0.1) is 0 Å². The molecule has 0 radical (unpaired) electrons. The summed E-state index contributed by atoms with van der Waals surface area (Å²) in [6.45, 7) is -0.591. The van der Waals surface area contributed by atoms with Gasteiger partial charge in [0.1, 0.15) is 0 Å². The van der Waals surface area contributed by atoms with Crippen LogP contribution >= 0.6 is 0 Å². The molecular weight excluding hydrogens is 401 g/mol. The number of pyridine rings is 1. The lowest BCUT2D eigenvalue weighted by atomic mass is 10.1. The van der Waals surface area contributed by atoms with Crippen LogP contribution in [0.4, 0.5) is 18.9 Å². The zero-order chi connectivity index (χ0) is 20.8. The first-order valence-corrected chi connectivity index (χ1v) is 9.81. The van der Waals surface area contributed by atoms with E-state index in [2.05, 4.69) is 25.9 Å². The molecule has 28 heavy (non-hydrogen) atoms. The highest BCUT2D eigenvalue weighted by molar-refractivity contribution is 7.90. The van der Waals surface area contributed by atoms with Gasteiger partial charge >= 0.3 is 15.5 Å². The number of alkyl halides is 3. The fourth-order valence-electron chi connectivity index (χ4n) is 2.58. The van der Waals surface area contributed by atoms with E-state index in [0.717, 1.165) is 0 Å². The van der Waals surface area contributed by atoms with Crippen LogP contribution < -0.4 is 16.0 Å². The van der Waals surface area contributed by atoms with Gasteiger partial charge in [0, 0.05) is 32.4 Å². The Bertz CT molecular complexity index is 793. The van der Waals surface area contributed by atoms with Gasteiger partial charge in [0.15, 0.2) is 5.96 Å². The summed E-state index contributed by atoms with van der Waals surface area (Å²) in [5.41, 5.74) is -4.76. The summed E-state index contributed by atoms with van der Waals surface area (Å²) in [7, 11) is -3.82. The second-order valence-corrected chi connectivity index (χ2v) is 7.91. The van der Waals surface area contributed by atoms with E-state index in [9.17, 15) is 26.4 Å². The van der Waals surface area contributed by atoms with Gasteiger partial charge in [-0.15, -0.1) is 0 Å². The first-order chi connectivity index (χ1) is 13.1. The number of halogens is 3. The highest BCUT2D eigenvalue weighted by atomic mass is 32.2. The molecule has 13 heteroatoms. The second-order valence-electron chi connectivity index (χ2n) is 5.98. The summed E-state index contributed by atoms with van der Waals surface area (Å²) in [5.74, 6) is -0.0412. The van der Waals surface area contributed by atoms with Gasteiger partial charge in [-0.1, -0.05) is 0 Å². The summed E-state index contributed by atoms with van der Waals surface area (Å²) < 4.78 is 61.1. The maximum atomic E-state index is 12.6. The monoisotopic (exact) mass is 422 g/mol. The van der Waals surface area contributed by atoms with Gasteiger partial charge in [-0.3, -0.25) is 14.8 Å². The van der Waals surface area contributed by atoms with E-state index in [-0.39, 0.29) is 44.4 Å². The number of guanidine groups is 1. The molecule has 1 aliphatic heterocycles. The van der Waals surface area contributed by atoms with Gasteiger partial charge in [-0.2, -0.15) is 17.5 Å². The standard InChI is InChI=1S/C15H21F3N6O3S/c1-19-14(21-10-13(25)22-12-3-2-6-20-9-12)23-11-4-7-24(8-5-11)28(26,27)15(16,17)18/h2-3,6,9,11H,4-5,7-8,10H2,1H3,(H,22,25)(H2,19,21,23). The number of hydrogen-bond donors (Lipinski definition) is 3. The highest BCUT2D eigenvalue weighted by Crippen LogP contribution is 2.28. The lowest BCUT2D eigenvalue weighted by Crippen LogP contribution is -2.52. The predicted molar refractivity (Wildman–Crippen MR) is 96.9 cm³/mol. The molecule has 9 nitrogen and oxygen atoms in total. The predicted octanol–water partition coefficient (Wildman–Crippen LogP) is 0.499. The number of aromatic nitrogens is 1. The molecule has 0 unspecified atom stereocenters. The van der Waals surface area contributed by atoms with Crippen molar-refractivity contribution in [3.05, 3.63) is 24.5 Å². The fraction of sp³-hybridized carbons (Fsp3) is 0.533. The molecule has 0 aromatic carbocycles. The normalized spacial score (nSPS) is 17.2. The number of carbonyl (C=O) groups excluding carboxylic acids is 1. The van der Waals surface area contributed by atoms with Crippen LogP contribution in [0.3, 0.4) is 0 Å². The van der Waals surface area contributed by atoms with E-state index in [1.165, 1.54) is 13.2 Å². The zero-order valence-electron chi connectivity index (χ0n) is 15.0. The van der Waals surface area contributed by atoms with Crippen molar-refractivity contribution >= 4 is 27.6 Å². The van der Waals surface area contributed by atoms with Crippen LogP contribution in [0.25, 0.3) is 0 Å². The number of nitrogens with zero attached hydrogens (tertiary/aromatic N) is 3. The summed E-state index contributed by atoms with van der Waals surface area (Å²) in [6, 6.07) is 3.09. The van der Waals surface area contributed by atoms with Crippen molar-refractivity contribution < 1.29 is 26.4 Å². The van der Waals surface area contributed by atoms with Crippen LogP contribution in [0.15, 0.2) is 29.5 Å². The smallest absolute Gasteiger partial charge is 0.354 e. The highest BCUT2D eigenvalue weighted by Gasteiger charge is 2.50. The molecule has 0 saturated carbocycles. The minimum Gasteiger partial charge on any atom is -0.354 e. The molecule has 2 rings (SSSR count). The Labute approximate surface area is 160 Å². The third kappa shape index (κ3) is 5.79. The van der Waals surface area contributed by atoms with Gasteiger partial charge in [0.25, 0.3) is 0 Å². The maximum Gasteiger partial charge on any atom is 0.511 e. The first-order valence-electron chi connectivity index (χ1n) is 8.37. The van der Waals surface area contributed by atoms with E-state index in [1.807, 2.05) is 0 Å². The van der Waals surface area contributed by atoms with Crippen molar-refractivity contribution in [3.8, 4) is 0 Å². The summed E-state index contributed by atoms with van der Waals surface area (Å²) in [4.78, 5) is 19.7. The summed E-state index contributed by atoms with van der Waals surface area (Å²) in [5, 5.41) is 8.41. The second kappa shape index (κ2) is 9.19. The molecule has 0 aliphatic carbocycles. The third-order valence-corrected chi connectivity index (χ3v) is 5.64. The van der Waals surface area contributed by atoms with Gasteiger partial charge in [0.2, 0.25) is 5.91 Å². The quantitative estimate of drug-likeness (QED) is 0.470. The molecule has 1 aliphatic rings. The van der Waals surface area contributed by atoms with Crippen molar-refractivity contribution in [1.29, 1.82) is 0 Å². The van der Waals surface area contributed by atoms with Crippen LogP contribution in [0.1, 0.15) is 12.8 Å². The first kappa shape index (κ1) is 21.9. The molecule has 1 amide bonds. The number of piperidine rings is 1. The SMILES string of the molecule is CN=C(NCC(=O)Nc1cccnc1)NC1CCN(S(=O)(=O)C(F)(F)F)CC1. The van der Waals surface area contributed by atoms with Crippen molar-refractivity contribution in [2.75, 3.05) is 32.0 Å². The average Bonchev–Trinajstić information content (AvgIpc) is 2.65. The van der Waals surface area contributed by atoms with Crippen molar-refractivity contribution in [2.45, 2.75) is 24.4 Å². The minimum atomic E-state index is -5.31. The Hall–Kier alpha value is -2.41. The van der Waals surface area contributed by atoms with E-state index < -0.39 is 15.5 Å². The summed E-state index contributed by atoms with van der Waals surface area (Å²) >= 11 is 0. The number of sulfonamides is 1. The molecule has 1 saturated heterocycles. The van der Waals surface area contributed by atoms with Gasteiger partial charge in [-0.25, -0.2) is 8.42 Å². The van der Waals surface area contributed by atoms with Gasteiger partial charge in [0.05, 0.1) is 18.4 Å². The third-order valence-electron chi connectivity index (χ3n) is 4.01. The number of carbonyl (C=O) groups is 1. The average molecular weight is 422 g/mol. The van der Waals surface area contributed by atoms with Gasteiger partial charge < -0.3 is 16.0 Å². The molecule has 0 spiro atoms. The molecular formula is C15H21F3N6O3S. The number of anilines is 1. The Kier molecular flexibility index (Phi) is 7.18. The van der Waals surface area contributed by atoms with E-state index in [0.29, 0.717) is 16.0 Å². The lowest BCUT2D eigenvalue weighted by molar-refractivity contribution is -0.115. The molecule has 1 aromatic rings. The Morgan fingerprint density at radius 3 is 2.57 bits per heavy atom. The largest absolute Gasteiger partial charge is 0.511 e. The van der Waals surface area contributed by atoms with Crippen LogP contribution in [-0.4, -0.2) is 67.8 Å². The topological polar surface area (TPSA) is 116 Å². The van der Waals surface area contributed by atoms with Crippen molar-refractivity contribution in [2.24, 2.45) is 4.99 Å².